The third-order valence-electron chi connectivity index (χ3n) is 3.48. The Labute approximate surface area is 81.7 Å². The van der Waals surface area contributed by atoms with Gasteiger partial charge in [0.15, 0.2) is 0 Å². The maximum Gasteiger partial charge on any atom is -0.0162 e. The molecule has 0 heteroatoms. The predicted octanol–water partition coefficient (Wildman–Crippen LogP) is 3.95. The highest BCUT2D eigenvalue weighted by Gasteiger charge is 2.32. The van der Waals surface area contributed by atoms with Crippen molar-refractivity contribution in [3.05, 3.63) is 23.8 Å². The SMILES string of the molecule is CC(C)(C)C1=C[C@@H]2CC=CC[C@H]2C1. The second-order valence-corrected chi connectivity index (χ2v) is 5.51. The lowest BCUT2D eigenvalue weighted by Gasteiger charge is -2.22. The molecule has 0 bridgehead atoms. The average molecular weight is 176 g/mol. The van der Waals surface area contributed by atoms with Crippen molar-refractivity contribution in [2.45, 2.75) is 40.0 Å². The number of hydrogen-bond acceptors (Lipinski definition) is 0. The molecule has 0 saturated heterocycles. The summed E-state index contributed by atoms with van der Waals surface area (Å²) < 4.78 is 0. The van der Waals surface area contributed by atoms with Gasteiger partial charge in [0.25, 0.3) is 0 Å². The van der Waals surface area contributed by atoms with Gasteiger partial charge in [0.05, 0.1) is 0 Å². The Bertz CT molecular complexity index is 250. The Morgan fingerprint density at radius 2 is 1.85 bits per heavy atom. The first-order valence-electron chi connectivity index (χ1n) is 5.43. The van der Waals surface area contributed by atoms with Gasteiger partial charge in [-0.3, -0.25) is 0 Å². The molecule has 0 unspecified atom stereocenters. The molecule has 2 atom stereocenters. The van der Waals surface area contributed by atoms with Gasteiger partial charge in [-0.05, 0) is 36.5 Å². The van der Waals surface area contributed by atoms with Gasteiger partial charge >= 0.3 is 0 Å². The molecule has 0 fully saturated rings. The van der Waals surface area contributed by atoms with E-state index in [-0.39, 0.29) is 0 Å². The third kappa shape index (κ3) is 1.72. The highest BCUT2D eigenvalue weighted by Crippen LogP contribution is 2.44. The van der Waals surface area contributed by atoms with Gasteiger partial charge in [-0.25, -0.2) is 0 Å². The topological polar surface area (TPSA) is 0 Å². The molecule has 0 amide bonds. The minimum atomic E-state index is 0.400. The molecule has 0 heterocycles. The molecule has 0 saturated carbocycles. The molecular formula is C13H20. The number of rotatable bonds is 0. The molecule has 0 nitrogen and oxygen atoms in total. The molecule has 0 spiro atoms. The van der Waals surface area contributed by atoms with Crippen molar-refractivity contribution in [2.75, 3.05) is 0 Å². The average Bonchev–Trinajstić information content (AvgIpc) is 2.45. The van der Waals surface area contributed by atoms with E-state index in [9.17, 15) is 0 Å². The van der Waals surface area contributed by atoms with Crippen LogP contribution in [-0.4, -0.2) is 0 Å². The number of allylic oxidation sites excluding steroid dienone is 4. The second-order valence-electron chi connectivity index (χ2n) is 5.51. The fourth-order valence-electron chi connectivity index (χ4n) is 2.50. The van der Waals surface area contributed by atoms with Crippen molar-refractivity contribution in [3.63, 3.8) is 0 Å². The summed E-state index contributed by atoms with van der Waals surface area (Å²) in [5.74, 6) is 1.79. The van der Waals surface area contributed by atoms with E-state index < -0.39 is 0 Å². The van der Waals surface area contributed by atoms with Crippen LogP contribution in [0.15, 0.2) is 23.8 Å². The minimum absolute atomic E-state index is 0.400. The van der Waals surface area contributed by atoms with Crippen molar-refractivity contribution in [3.8, 4) is 0 Å². The van der Waals surface area contributed by atoms with E-state index in [4.69, 9.17) is 0 Å². The summed E-state index contributed by atoms with van der Waals surface area (Å²) in [6, 6.07) is 0. The van der Waals surface area contributed by atoms with Gasteiger partial charge in [0, 0.05) is 0 Å². The first-order valence-corrected chi connectivity index (χ1v) is 5.43. The van der Waals surface area contributed by atoms with Gasteiger partial charge in [0.2, 0.25) is 0 Å². The normalized spacial score (nSPS) is 33.0. The van der Waals surface area contributed by atoms with Crippen LogP contribution in [0.3, 0.4) is 0 Å². The fourth-order valence-corrected chi connectivity index (χ4v) is 2.50. The molecule has 0 aromatic heterocycles. The van der Waals surface area contributed by atoms with Crippen molar-refractivity contribution in [2.24, 2.45) is 17.3 Å². The molecule has 2 aliphatic rings. The summed E-state index contributed by atoms with van der Waals surface area (Å²) in [6.07, 6.45) is 11.2. The van der Waals surface area contributed by atoms with E-state index in [1.54, 1.807) is 5.57 Å². The summed E-state index contributed by atoms with van der Waals surface area (Å²) in [5, 5.41) is 0. The predicted molar refractivity (Wildman–Crippen MR) is 57.5 cm³/mol. The Morgan fingerprint density at radius 1 is 1.15 bits per heavy atom. The van der Waals surface area contributed by atoms with Gasteiger partial charge in [-0.1, -0.05) is 44.6 Å². The standard InChI is InChI=1S/C13H20/c1-13(2,3)12-8-10-6-4-5-7-11(10)9-12/h4-5,8,10-11H,6-7,9H2,1-3H3/t10-,11-/m0/s1. The maximum absolute atomic E-state index is 2.55. The van der Waals surface area contributed by atoms with E-state index >= 15 is 0 Å². The monoisotopic (exact) mass is 176 g/mol. The Balaban J connectivity index is 2.13. The molecule has 0 N–H and O–H groups in total. The Kier molecular flexibility index (Phi) is 2.09. The highest BCUT2D eigenvalue weighted by molar-refractivity contribution is 5.22. The summed E-state index contributed by atoms with van der Waals surface area (Å²) >= 11 is 0. The zero-order valence-electron chi connectivity index (χ0n) is 9.01. The number of fused-ring (bicyclic) bond motifs is 1. The summed E-state index contributed by atoms with van der Waals surface area (Å²) in [6.45, 7) is 7.01. The molecule has 0 aromatic carbocycles. The van der Waals surface area contributed by atoms with Crippen LogP contribution in [0.25, 0.3) is 0 Å². The molecular weight excluding hydrogens is 156 g/mol. The Hall–Kier alpha value is -0.520. The zero-order valence-corrected chi connectivity index (χ0v) is 9.01. The quantitative estimate of drug-likeness (QED) is 0.490. The molecule has 0 aromatic rings. The van der Waals surface area contributed by atoms with Gasteiger partial charge in [-0.2, -0.15) is 0 Å². The van der Waals surface area contributed by atoms with E-state index in [2.05, 4.69) is 39.0 Å². The largest absolute Gasteiger partial charge is 0.0882 e. The van der Waals surface area contributed by atoms with Gasteiger partial charge < -0.3 is 0 Å². The van der Waals surface area contributed by atoms with Crippen LogP contribution in [0, 0.1) is 17.3 Å². The molecule has 2 aliphatic carbocycles. The van der Waals surface area contributed by atoms with Crippen LogP contribution >= 0.6 is 0 Å². The van der Waals surface area contributed by atoms with Crippen molar-refractivity contribution in [1.29, 1.82) is 0 Å². The van der Waals surface area contributed by atoms with Crippen molar-refractivity contribution >= 4 is 0 Å². The fraction of sp³-hybridized carbons (Fsp3) is 0.692. The molecule has 13 heavy (non-hydrogen) atoms. The lowest BCUT2D eigenvalue weighted by atomic mass is 9.83. The van der Waals surface area contributed by atoms with Gasteiger partial charge in [-0.15, -0.1) is 0 Å². The highest BCUT2D eigenvalue weighted by atomic mass is 14.4. The second kappa shape index (κ2) is 3.01. The van der Waals surface area contributed by atoms with Crippen LogP contribution in [0.5, 0.6) is 0 Å². The lowest BCUT2D eigenvalue weighted by Crippen LogP contribution is -2.11. The van der Waals surface area contributed by atoms with Crippen LogP contribution < -0.4 is 0 Å². The molecule has 0 radical (unpaired) electrons. The molecule has 2 rings (SSSR count). The van der Waals surface area contributed by atoms with Crippen molar-refractivity contribution in [1.82, 2.24) is 0 Å². The molecule has 72 valence electrons. The van der Waals surface area contributed by atoms with Crippen molar-refractivity contribution < 1.29 is 0 Å². The smallest absolute Gasteiger partial charge is 0.0162 e. The van der Waals surface area contributed by atoms with E-state index in [0.717, 1.165) is 11.8 Å². The summed E-state index contributed by atoms with van der Waals surface area (Å²) in [7, 11) is 0. The third-order valence-corrected chi connectivity index (χ3v) is 3.48. The maximum atomic E-state index is 2.55. The van der Waals surface area contributed by atoms with E-state index in [1.165, 1.54) is 19.3 Å². The van der Waals surface area contributed by atoms with E-state index in [0.29, 0.717) is 5.41 Å². The van der Waals surface area contributed by atoms with Gasteiger partial charge in [0.1, 0.15) is 0 Å². The lowest BCUT2D eigenvalue weighted by molar-refractivity contribution is 0.394. The minimum Gasteiger partial charge on any atom is -0.0882 e. The Morgan fingerprint density at radius 3 is 2.46 bits per heavy atom. The van der Waals surface area contributed by atoms with Crippen LogP contribution in [-0.2, 0) is 0 Å². The first kappa shape index (κ1) is 9.05. The summed E-state index contributed by atoms with van der Waals surface area (Å²) in [5.41, 5.74) is 2.09. The van der Waals surface area contributed by atoms with Crippen LogP contribution in [0.2, 0.25) is 0 Å². The molecule has 0 aliphatic heterocycles. The van der Waals surface area contributed by atoms with E-state index in [1.807, 2.05) is 0 Å². The first-order chi connectivity index (χ1) is 6.07. The number of hydrogen-bond donors (Lipinski definition) is 0. The zero-order chi connectivity index (χ0) is 9.47. The summed E-state index contributed by atoms with van der Waals surface area (Å²) in [4.78, 5) is 0. The van der Waals surface area contributed by atoms with Crippen LogP contribution in [0.1, 0.15) is 40.0 Å². The van der Waals surface area contributed by atoms with Crippen LogP contribution in [0.4, 0.5) is 0 Å².